The Morgan fingerprint density at radius 2 is 1.61 bits per heavy atom. The molecule has 0 radical (unpaired) electrons. The average molecular weight is 368 g/mol. The summed E-state index contributed by atoms with van der Waals surface area (Å²) >= 11 is 0. The Hall–Kier alpha value is -3.11. The highest BCUT2D eigenvalue weighted by molar-refractivity contribution is 5.78. The van der Waals surface area contributed by atoms with Gasteiger partial charge in [-0.2, -0.15) is 0 Å². The standard InChI is InChI=1S/C27H25F/c1-2-3-11-22-18-20-23(21-19-22)12-7-10-17-27(28)26-16-9-8-15-25(26)24-13-5-4-6-14-24/h4-6,8-9,13-21H,2-3,10-11H2,1H3. The number of allylic oxidation sites excluding steroid dienone is 1. The first-order valence-electron chi connectivity index (χ1n) is 9.86. The molecule has 0 aliphatic rings. The van der Waals surface area contributed by atoms with E-state index in [-0.39, 0.29) is 5.83 Å². The van der Waals surface area contributed by atoms with Crippen LogP contribution in [0.1, 0.15) is 42.9 Å². The molecular formula is C27H25F. The third kappa shape index (κ3) is 5.44. The highest BCUT2D eigenvalue weighted by atomic mass is 19.1. The number of rotatable bonds is 6. The molecule has 0 heterocycles. The largest absolute Gasteiger partial charge is 0.207 e. The first kappa shape index (κ1) is 19.6. The molecule has 0 saturated heterocycles. The maximum atomic E-state index is 14.8. The van der Waals surface area contributed by atoms with Gasteiger partial charge in [-0.3, -0.25) is 0 Å². The topological polar surface area (TPSA) is 0 Å². The van der Waals surface area contributed by atoms with Gasteiger partial charge >= 0.3 is 0 Å². The van der Waals surface area contributed by atoms with Crippen LogP contribution in [-0.4, -0.2) is 0 Å². The summed E-state index contributed by atoms with van der Waals surface area (Å²) in [4.78, 5) is 0. The van der Waals surface area contributed by atoms with Gasteiger partial charge in [0.25, 0.3) is 0 Å². The third-order valence-electron chi connectivity index (χ3n) is 4.66. The van der Waals surface area contributed by atoms with Crippen molar-refractivity contribution in [3.63, 3.8) is 0 Å². The zero-order chi connectivity index (χ0) is 19.6. The SMILES string of the molecule is CCCCc1ccc(C#CCC=C(F)c2ccccc2-c2ccccc2)cc1. The minimum absolute atomic E-state index is 0.233. The number of unbranched alkanes of at least 4 members (excludes halogenated alkanes) is 1. The van der Waals surface area contributed by atoms with Gasteiger partial charge in [0.05, 0.1) is 0 Å². The second-order valence-electron chi connectivity index (χ2n) is 6.77. The van der Waals surface area contributed by atoms with Gasteiger partial charge in [0.1, 0.15) is 5.83 Å². The molecule has 0 aromatic heterocycles. The lowest BCUT2D eigenvalue weighted by molar-refractivity contribution is 0.757. The molecular weight excluding hydrogens is 343 g/mol. The van der Waals surface area contributed by atoms with Crippen molar-refractivity contribution in [3.05, 3.63) is 102 Å². The van der Waals surface area contributed by atoms with E-state index in [9.17, 15) is 4.39 Å². The van der Waals surface area contributed by atoms with Crippen molar-refractivity contribution in [2.24, 2.45) is 0 Å². The Kier molecular flexibility index (Phi) is 7.21. The minimum atomic E-state index is -0.233. The third-order valence-corrected chi connectivity index (χ3v) is 4.66. The van der Waals surface area contributed by atoms with E-state index >= 15 is 0 Å². The lowest BCUT2D eigenvalue weighted by atomic mass is 9.98. The molecule has 0 aliphatic carbocycles. The molecule has 3 rings (SSSR count). The van der Waals surface area contributed by atoms with E-state index in [4.69, 9.17) is 0 Å². The highest BCUT2D eigenvalue weighted by Gasteiger charge is 2.07. The minimum Gasteiger partial charge on any atom is -0.207 e. The molecule has 0 saturated carbocycles. The van der Waals surface area contributed by atoms with Crippen molar-refractivity contribution in [2.75, 3.05) is 0 Å². The quantitative estimate of drug-likeness (QED) is 0.396. The van der Waals surface area contributed by atoms with Gasteiger partial charge in [-0.1, -0.05) is 91.9 Å². The summed E-state index contributed by atoms with van der Waals surface area (Å²) in [6.07, 6.45) is 5.46. The van der Waals surface area contributed by atoms with Crippen molar-refractivity contribution in [2.45, 2.75) is 32.6 Å². The predicted molar refractivity (Wildman–Crippen MR) is 118 cm³/mol. The molecule has 140 valence electrons. The summed E-state index contributed by atoms with van der Waals surface area (Å²) in [6.45, 7) is 2.20. The Bertz CT molecular complexity index is 970. The maximum Gasteiger partial charge on any atom is 0.128 e. The van der Waals surface area contributed by atoms with Gasteiger partial charge in [-0.25, -0.2) is 4.39 Å². The van der Waals surface area contributed by atoms with Crippen LogP contribution in [0.4, 0.5) is 4.39 Å². The van der Waals surface area contributed by atoms with E-state index in [0.29, 0.717) is 12.0 Å². The number of hydrogen-bond acceptors (Lipinski definition) is 0. The van der Waals surface area contributed by atoms with E-state index in [1.54, 1.807) is 6.08 Å². The van der Waals surface area contributed by atoms with Crippen molar-refractivity contribution < 1.29 is 4.39 Å². The molecule has 0 nitrogen and oxygen atoms in total. The average Bonchev–Trinajstić information content (AvgIpc) is 2.76. The van der Waals surface area contributed by atoms with Crippen LogP contribution in [0.2, 0.25) is 0 Å². The Morgan fingerprint density at radius 3 is 2.36 bits per heavy atom. The Balaban J connectivity index is 1.69. The maximum absolute atomic E-state index is 14.8. The van der Waals surface area contributed by atoms with Gasteiger partial charge < -0.3 is 0 Å². The summed E-state index contributed by atoms with van der Waals surface area (Å²) in [5.74, 6) is 5.94. The molecule has 0 atom stereocenters. The van der Waals surface area contributed by atoms with Gasteiger partial charge in [0, 0.05) is 17.5 Å². The van der Waals surface area contributed by atoms with Crippen LogP contribution < -0.4 is 0 Å². The number of hydrogen-bond donors (Lipinski definition) is 0. The fourth-order valence-corrected chi connectivity index (χ4v) is 3.10. The number of benzene rings is 3. The lowest BCUT2D eigenvalue weighted by Gasteiger charge is -2.07. The monoisotopic (exact) mass is 368 g/mol. The number of aryl methyl sites for hydroxylation is 1. The Labute approximate surface area is 167 Å². The molecule has 0 unspecified atom stereocenters. The molecule has 28 heavy (non-hydrogen) atoms. The van der Waals surface area contributed by atoms with E-state index in [1.807, 2.05) is 66.7 Å². The normalized spacial score (nSPS) is 11.0. The first-order valence-corrected chi connectivity index (χ1v) is 9.86. The van der Waals surface area contributed by atoms with Crippen molar-refractivity contribution >= 4 is 5.83 Å². The summed E-state index contributed by atoms with van der Waals surface area (Å²) < 4.78 is 14.8. The second kappa shape index (κ2) is 10.3. The van der Waals surface area contributed by atoms with Gasteiger partial charge in [-0.15, -0.1) is 0 Å². The molecule has 0 amide bonds. The van der Waals surface area contributed by atoms with E-state index < -0.39 is 0 Å². The molecule has 1 heteroatoms. The van der Waals surface area contributed by atoms with Gasteiger partial charge in [0.2, 0.25) is 0 Å². The fourth-order valence-electron chi connectivity index (χ4n) is 3.10. The first-order chi connectivity index (χ1) is 13.8. The molecule has 0 fully saturated rings. The van der Waals surface area contributed by atoms with Crippen molar-refractivity contribution in [3.8, 4) is 23.0 Å². The van der Waals surface area contributed by atoms with Crippen LogP contribution in [0.25, 0.3) is 17.0 Å². The Morgan fingerprint density at radius 1 is 0.893 bits per heavy atom. The molecule has 0 bridgehead atoms. The van der Waals surface area contributed by atoms with Crippen LogP contribution in [0.3, 0.4) is 0 Å². The summed E-state index contributed by atoms with van der Waals surface area (Å²) in [6, 6.07) is 25.8. The van der Waals surface area contributed by atoms with Gasteiger partial charge in [0.15, 0.2) is 0 Å². The second-order valence-corrected chi connectivity index (χ2v) is 6.77. The van der Waals surface area contributed by atoms with Crippen LogP contribution in [0, 0.1) is 11.8 Å². The summed E-state index contributed by atoms with van der Waals surface area (Å²) in [7, 11) is 0. The molecule has 0 spiro atoms. The molecule has 3 aromatic rings. The van der Waals surface area contributed by atoms with Crippen molar-refractivity contribution in [1.82, 2.24) is 0 Å². The van der Waals surface area contributed by atoms with Crippen LogP contribution in [0.5, 0.6) is 0 Å². The smallest absolute Gasteiger partial charge is 0.128 e. The molecule has 0 N–H and O–H groups in total. The van der Waals surface area contributed by atoms with Gasteiger partial charge in [-0.05, 0) is 47.7 Å². The lowest BCUT2D eigenvalue weighted by Crippen LogP contribution is -1.86. The zero-order valence-corrected chi connectivity index (χ0v) is 16.3. The summed E-state index contributed by atoms with van der Waals surface area (Å²) in [5.41, 5.74) is 4.83. The summed E-state index contributed by atoms with van der Waals surface area (Å²) in [5, 5.41) is 0. The van der Waals surface area contributed by atoms with Crippen molar-refractivity contribution in [1.29, 1.82) is 0 Å². The van der Waals surface area contributed by atoms with Crippen LogP contribution in [-0.2, 0) is 6.42 Å². The fraction of sp³-hybridized carbons (Fsp3) is 0.185. The van der Waals surface area contributed by atoms with Crippen LogP contribution >= 0.6 is 0 Å². The van der Waals surface area contributed by atoms with E-state index in [2.05, 4.69) is 30.9 Å². The van der Waals surface area contributed by atoms with Crippen LogP contribution in [0.15, 0.2) is 84.9 Å². The highest BCUT2D eigenvalue weighted by Crippen LogP contribution is 2.29. The molecule has 0 aliphatic heterocycles. The predicted octanol–water partition coefficient (Wildman–Crippen LogP) is 7.45. The molecule has 3 aromatic carbocycles. The number of halogens is 1. The zero-order valence-electron chi connectivity index (χ0n) is 16.3. The van der Waals surface area contributed by atoms with E-state index in [1.165, 1.54) is 18.4 Å². The van der Waals surface area contributed by atoms with E-state index in [0.717, 1.165) is 23.1 Å².